The number of hydrogen-bond donors (Lipinski definition) is 0. The Balaban J connectivity index is 1.82. The molecule has 0 saturated carbocycles. The molecule has 0 spiro atoms. The maximum Gasteiger partial charge on any atom is 0.242 e. The van der Waals surface area contributed by atoms with Crippen LogP contribution in [-0.2, 0) is 10.0 Å². The minimum absolute atomic E-state index is 0.157. The van der Waals surface area contributed by atoms with Crippen LogP contribution in [0, 0.1) is 13.8 Å². The molecule has 0 atom stereocenters. The van der Waals surface area contributed by atoms with E-state index in [9.17, 15) is 13.2 Å². The third kappa shape index (κ3) is 3.84. The van der Waals surface area contributed by atoms with E-state index in [4.69, 9.17) is 0 Å². The van der Waals surface area contributed by atoms with Crippen molar-refractivity contribution >= 4 is 33.2 Å². The second-order valence-corrected chi connectivity index (χ2v) is 9.51. The van der Waals surface area contributed by atoms with Crippen molar-refractivity contribution in [3.63, 3.8) is 0 Å². The highest BCUT2D eigenvalue weighted by Crippen LogP contribution is 2.23. The molecule has 0 saturated heterocycles. The van der Waals surface area contributed by atoms with E-state index in [1.807, 2.05) is 25.3 Å². The Kier molecular flexibility index (Phi) is 5.64. The molecule has 1 aromatic carbocycles. The van der Waals surface area contributed by atoms with Crippen molar-refractivity contribution in [2.24, 2.45) is 0 Å². The molecule has 2 heterocycles. The summed E-state index contributed by atoms with van der Waals surface area (Å²) in [6.45, 7) is 3.98. The number of carbonyl (C=O) groups is 1. The van der Waals surface area contributed by atoms with E-state index < -0.39 is 10.0 Å². The highest BCUT2D eigenvalue weighted by Gasteiger charge is 2.17. The van der Waals surface area contributed by atoms with Gasteiger partial charge in [0.1, 0.15) is 0 Å². The average Bonchev–Trinajstić information content (AvgIpc) is 3.27. The van der Waals surface area contributed by atoms with E-state index in [-0.39, 0.29) is 10.7 Å². The fourth-order valence-corrected chi connectivity index (χ4v) is 4.49. The first-order valence-corrected chi connectivity index (χ1v) is 10.9. The van der Waals surface area contributed by atoms with E-state index in [0.29, 0.717) is 5.56 Å². The highest BCUT2D eigenvalue weighted by atomic mass is 32.2. The van der Waals surface area contributed by atoms with Gasteiger partial charge in [-0.2, -0.15) is 0 Å². The third-order valence-electron chi connectivity index (χ3n) is 4.41. The number of sulfonamides is 1. The Hall–Kier alpha value is -2.55. The van der Waals surface area contributed by atoms with E-state index in [1.54, 1.807) is 23.6 Å². The summed E-state index contributed by atoms with van der Waals surface area (Å²) in [5.41, 5.74) is 3.41. The lowest BCUT2D eigenvalue weighted by Crippen LogP contribution is -2.22. The van der Waals surface area contributed by atoms with Crippen LogP contribution in [0.2, 0.25) is 0 Å². The SMILES string of the molecule is Cc1cc(/C=C/C(=O)c2ccc(S(=O)(=O)N(C)C)cc2)c(C)n1-c1nccs1. The van der Waals surface area contributed by atoms with Crippen LogP contribution in [0.1, 0.15) is 27.3 Å². The van der Waals surface area contributed by atoms with Crippen molar-refractivity contribution in [1.82, 2.24) is 13.9 Å². The van der Waals surface area contributed by atoms with E-state index in [1.165, 1.54) is 44.4 Å². The largest absolute Gasteiger partial charge is 0.294 e. The number of aryl methyl sites for hydroxylation is 1. The first kappa shape index (κ1) is 20.2. The van der Waals surface area contributed by atoms with Crippen molar-refractivity contribution in [2.75, 3.05) is 14.1 Å². The fraction of sp³-hybridized carbons (Fsp3) is 0.200. The van der Waals surface area contributed by atoms with Crippen LogP contribution < -0.4 is 0 Å². The molecule has 3 rings (SSSR count). The third-order valence-corrected chi connectivity index (χ3v) is 7.00. The Morgan fingerprint density at radius 3 is 2.43 bits per heavy atom. The summed E-state index contributed by atoms with van der Waals surface area (Å²) in [6, 6.07) is 7.96. The molecule has 2 aromatic heterocycles. The lowest BCUT2D eigenvalue weighted by Gasteiger charge is -2.11. The molecule has 0 bridgehead atoms. The Labute approximate surface area is 168 Å². The summed E-state index contributed by atoms with van der Waals surface area (Å²) < 4.78 is 27.4. The van der Waals surface area contributed by atoms with Crippen molar-refractivity contribution in [3.05, 3.63) is 70.5 Å². The first-order valence-electron chi connectivity index (χ1n) is 8.55. The number of rotatable bonds is 6. The molecular weight excluding hydrogens is 394 g/mol. The van der Waals surface area contributed by atoms with Crippen molar-refractivity contribution in [2.45, 2.75) is 18.7 Å². The fourth-order valence-electron chi connectivity index (χ4n) is 2.84. The van der Waals surface area contributed by atoms with Gasteiger partial charge in [0, 0.05) is 42.6 Å². The van der Waals surface area contributed by atoms with Crippen LogP contribution in [0.3, 0.4) is 0 Å². The van der Waals surface area contributed by atoms with E-state index >= 15 is 0 Å². The van der Waals surface area contributed by atoms with E-state index in [2.05, 4.69) is 9.55 Å². The monoisotopic (exact) mass is 415 g/mol. The lowest BCUT2D eigenvalue weighted by molar-refractivity contribution is 0.104. The zero-order valence-corrected chi connectivity index (χ0v) is 17.7. The molecule has 0 unspecified atom stereocenters. The van der Waals surface area contributed by atoms with Crippen LogP contribution in [0.5, 0.6) is 0 Å². The van der Waals surface area contributed by atoms with Gasteiger partial charge >= 0.3 is 0 Å². The van der Waals surface area contributed by atoms with Gasteiger partial charge in [-0.15, -0.1) is 11.3 Å². The van der Waals surface area contributed by atoms with Crippen LogP contribution in [0.25, 0.3) is 11.2 Å². The second-order valence-electron chi connectivity index (χ2n) is 6.49. The topological polar surface area (TPSA) is 72.3 Å². The molecule has 0 amide bonds. The molecule has 0 aliphatic carbocycles. The minimum atomic E-state index is -3.51. The predicted octanol–water partition coefficient (Wildman–Crippen LogP) is 3.70. The smallest absolute Gasteiger partial charge is 0.242 e. The summed E-state index contributed by atoms with van der Waals surface area (Å²) >= 11 is 1.55. The van der Waals surface area contributed by atoms with E-state index in [0.717, 1.165) is 26.4 Å². The number of hydrogen-bond acceptors (Lipinski definition) is 5. The number of nitrogens with zero attached hydrogens (tertiary/aromatic N) is 3. The highest BCUT2D eigenvalue weighted by molar-refractivity contribution is 7.89. The van der Waals surface area contributed by atoms with Crippen molar-refractivity contribution in [1.29, 1.82) is 0 Å². The van der Waals surface area contributed by atoms with Gasteiger partial charge in [0.15, 0.2) is 10.9 Å². The van der Waals surface area contributed by atoms with Crippen molar-refractivity contribution < 1.29 is 13.2 Å². The summed E-state index contributed by atoms with van der Waals surface area (Å²) in [7, 11) is -0.564. The van der Waals surface area contributed by atoms with Gasteiger partial charge < -0.3 is 0 Å². The summed E-state index contributed by atoms with van der Waals surface area (Å²) in [5, 5.41) is 2.81. The summed E-state index contributed by atoms with van der Waals surface area (Å²) in [4.78, 5) is 17.0. The molecule has 6 nitrogen and oxygen atoms in total. The summed E-state index contributed by atoms with van der Waals surface area (Å²) in [6.07, 6.45) is 5.04. The Bertz CT molecular complexity index is 1120. The zero-order valence-electron chi connectivity index (χ0n) is 16.1. The quantitative estimate of drug-likeness (QED) is 0.455. The standard InChI is InChI=1S/C20H21N3O3S2/c1-14-13-17(15(2)23(14)20-21-11-12-27-20)7-10-19(24)16-5-8-18(9-6-16)28(25,26)22(3)4/h5-13H,1-4H3/b10-7+. The molecule has 28 heavy (non-hydrogen) atoms. The number of ketones is 1. The van der Waals surface area contributed by atoms with Gasteiger partial charge in [0.25, 0.3) is 0 Å². The molecule has 0 N–H and O–H groups in total. The van der Waals surface area contributed by atoms with Crippen LogP contribution >= 0.6 is 11.3 Å². The maximum absolute atomic E-state index is 12.5. The molecule has 0 fully saturated rings. The van der Waals surface area contributed by atoms with Gasteiger partial charge in [0.2, 0.25) is 10.0 Å². The zero-order chi connectivity index (χ0) is 20.5. The molecule has 0 aliphatic rings. The number of carbonyl (C=O) groups excluding carboxylic acids is 1. The lowest BCUT2D eigenvalue weighted by atomic mass is 10.1. The van der Waals surface area contributed by atoms with Crippen LogP contribution in [0.4, 0.5) is 0 Å². The number of aromatic nitrogens is 2. The number of benzene rings is 1. The van der Waals surface area contributed by atoms with Crippen LogP contribution in [-0.4, -0.2) is 42.2 Å². The minimum Gasteiger partial charge on any atom is -0.294 e. The number of thiazole rings is 1. The number of allylic oxidation sites excluding steroid dienone is 1. The normalized spacial score (nSPS) is 12.2. The molecule has 0 aliphatic heterocycles. The predicted molar refractivity (Wildman–Crippen MR) is 112 cm³/mol. The average molecular weight is 416 g/mol. The first-order chi connectivity index (χ1) is 13.2. The van der Waals surface area contributed by atoms with Gasteiger partial charge in [-0.25, -0.2) is 17.7 Å². The van der Waals surface area contributed by atoms with Gasteiger partial charge in [-0.1, -0.05) is 0 Å². The molecule has 0 radical (unpaired) electrons. The Morgan fingerprint density at radius 1 is 1.18 bits per heavy atom. The summed E-state index contributed by atoms with van der Waals surface area (Å²) in [5.74, 6) is -0.187. The maximum atomic E-state index is 12.5. The van der Waals surface area contributed by atoms with Gasteiger partial charge in [-0.05, 0) is 61.9 Å². The molecule has 8 heteroatoms. The molecule has 3 aromatic rings. The molecular formula is C20H21N3O3S2. The van der Waals surface area contributed by atoms with Gasteiger partial charge in [0.05, 0.1) is 4.90 Å². The Morgan fingerprint density at radius 2 is 1.86 bits per heavy atom. The van der Waals surface area contributed by atoms with Gasteiger partial charge in [-0.3, -0.25) is 9.36 Å². The second kappa shape index (κ2) is 7.83. The van der Waals surface area contributed by atoms with Crippen LogP contribution in [0.15, 0.2) is 52.9 Å². The molecule has 146 valence electrons. The van der Waals surface area contributed by atoms with Crippen molar-refractivity contribution in [3.8, 4) is 5.13 Å².